The van der Waals surface area contributed by atoms with Gasteiger partial charge in [-0.1, -0.05) is 0 Å². The maximum Gasteiger partial charge on any atom is 0.138 e. The molecular weight excluding hydrogens is 218 g/mol. The number of furan rings is 1. The number of aryl methyl sites for hydroxylation is 3. The quantitative estimate of drug-likeness (QED) is 0.877. The Bertz CT molecular complexity index is 502. The summed E-state index contributed by atoms with van der Waals surface area (Å²) >= 11 is 0. The van der Waals surface area contributed by atoms with Gasteiger partial charge in [0, 0.05) is 18.5 Å². The van der Waals surface area contributed by atoms with E-state index in [4.69, 9.17) is 4.42 Å². The first kappa shape index (κ1) is 11.9. The Labute approximate surface area is 100 Å². The molecule has 0 fully saturated rings. The van der Waals surface area contributed by atoms with Crippen molar-refractivity contribution in [1.82, 2.24) is 14.8 Å². The fourth-order valence-corrected chi connectivity index (χ4v) is 1.97. The zero-order chi connectivity index (χ0) is 12.4. The molecule has 17 heavy (non-hydrogen) atoms. The lowest BCUT2D eigenvalue weighted by Gasteiger charge is -2.09. The Morgan fingerprint density at radius 1 is 1.47 bits per heavy atom. The molecule has 2 heterocycles. The summed E-state index contributed by atoms with van der Waals surface area (Å²) in [5, 5.41) is 14.2. The first-order valence-corrected chi connectivity index (χ1v) is 5.73. The maximum atomic E-state index is 10.2. The average molecular weight is 235 g/mol. The van der Waals surface area contributed by atoms with Crippen molar-refractivity contribution in [3.05, 3.63) is 35.3 Å². The molecule has 1 atom stereocenters. The van der Waals surface area contributed by atoms with Gasteiger partial charge in [0.2, 0.25) is 0 Å². The van der Waals surface area contributed by atoms with Crippen LogP contribution in [0.5, 0.6) is 0 Å². The smallest absolute Gasteiger partial charge is 0.138 e. The highest BCUT2D eigenvalue weighted by atomic mass is 16.3. The molecule has 1 unspecified atom stereocenters. The van der Waals surface area contributed by atoms with Crippen molar-refractivity contribution in [3.63, 3.8) is 0 Å². The highest BCUT2D eigenvalue weighted by Gasteiger charge is 2.17. The molecule has 0 saturated heterocycles. The molecule has 0 bridgehead atoms. The lowest BCUT2D eigenvalue weighted by Crippen LogP contribution is -2.09. The van der Waals surface area contributed by atoms with Crippen LogP contribution in [0.2, 0.25) is 0 Å². The lowest BCUT2D eigenvalue weighted by atomic mass is 10.1. The monoisotopic (exact) mass is 235 g/mol. The molecule has 5 heteroatoms. The number of aliphatic hydroxyl groups excluding tert-OH is 1. The lowest BCUT2D eigenvalue weighted by molar-refractivity contribution is 0.172. The van der Waals surface area contributed by atoms with E-state index >= 15 is 0 Å². The van der Waals surface area contributed by atoms with Gasteiger partial charge in [-0.2, -0.15) is 5.10 Å². The van der Waals surface area contributed by atoms with Gasteiger partial charge in [0.05, 0.1) is 6.10 Å². The van der Waals surface area contributed by atoms with Crippen LogP contribution in [0.15, 0.2) is 16.8 Å². The van der Waals surface area contributed by atoms with Gasteiger partial charge < -0.3 is 9.52 Å². The first-order chi connectivity index (χ1) is 8.11. The molecule has 2 aromatic rings. The second-order valence-corrected chi connectivity index (χ2v) is 4.08. The second-order valence-electron chi connectivity index (χ2n) is 4.08. The Hall–Kier alpha value is -1.62. The van der Waals surface area contributed by atoms with Gasteiger partial charge in [-0.15, -0.1) is 0 Å². The van der Waals surface area contributed by atoms with Crippen molar-refractivity contribution in [2.24, 2.45) is 0 Å². The van der Waals surface area contributed by atoms with Crippen molar-refractivity contribution in [3.8, 4) is 0 Å². The zero-order valence-electron chi connectivity index (χ0n) is 10.3. The van der Waals surface area contributed by atoms with Crippen LogP contribution in [0.25, 0.3) is 0 Å². The van der Waals surface area contributed by atoms with Gasteiger partial charge in [-0.25, -0.2) is 4.98 Å². The van der Waals surface area contributed by atoms with Crippen molar-refractivity contribution in [2.45, 2.75) is 39.8 Å². The van der Waals surface area contributed by atoms with E-state index in [2.05, 4.69) is 10.1 Å². The standard InChI is InChI=1S/C12H17N3O2/c1-4-15-12(13-7-14-15)6-11(16)10-5-8(2)17-9(10)3/h5,7,11,16H,4,6H2,1-3H3. The van der Waals surface area contributed by atoms with E-state index in [9.17, 15) is 5.11 Å². The van der Waals surface area contributed by atoms with Crippen LogP contribution in [-0.4, -0.2) is 19.9 Å². The number of hydrogen-bond acceptors (Lipinski definition) is 4. The molecule has 0 aliphatic rings. The summed E-state index contributed by atoms with van der Waals surface area (Å²) in [6, 6.07) is 1.87. The summed E-state index contributed by atoms with van der Waals surface area (Å²) in [4.78, 5) is 4.15. The number of rotatable bonds is 4. The molecule has 2 aromatic heterocycles. The van der Waals surface area contributed by atoms with Gasteiger partial charge >= 0.3 is 0 Å². The Morgan fingerprint density at radius 2 is 2.24 bits per heavy atom. The van der Waals surface area contributed by atoms with E-state index in [0.29, 0.717) is 6.42 Å². The van der Waals surface area contributed by atoms with E-state index in [0.717, 1.165) is 29.5 Å². The molecule has 0 aliphatic carbocycles. The van der Waals surface area contributed by atoms with Crippen LogP contribution >= 0.6 is 0 Å². The number of nitrogens with zero attached hydrogens (tertiary/aromatic N) is 3. The van der Waals surface area contributed by atoms with Crippen molar-refractivity contribution >= 4 is 0 Å². The molecule has 0 radical (unpaired) electrons. The predicted octanol–water partition coefficient (Wildman–Crippen LogP) is 1.78. The van der Waals surface area contributed by atoms with E-state index in [1.165, 1.54) is 6.33 Å². The van der Waals surface area contributed by atoms with E-state index in [1.807, 2.05) is 26.8 Å². The molecule has 0 aliphatic heterocycles. The maximum absolute atomic E-state index is 10.2. The van der Waals surface area contributed by atoms with Crippen molar-refractivity contribution < 1.29 is 9.52 Å². The third-order valence-electron chi connectivity index (χ3n) is 2.81. The van der Waals surface area contributed by atoms with Crippen molar-refractivity contribution in [1.29, 1.82) is 0 Å². The van der Waals surface area contributed by atoms with Crippen LogP contribution in [0.4, 0.5) is 0 Å². The van der Waals surface area contributed by atoms with Crippen LogP contribution in [0, 0.1) is 13.8 Å². The Morgan fingerprint density at radius 3 is 2.82 bits per heavy atom. The summed E-state index contributed by atoms with van der Waals surface area (Å²) in [5.74, 6) is 2.37. The fraction of sp³-hybridized carbons (Fsp3) is 0.500. The topological polar surface area (TPSA) is 64.1 Å². The first-order valence-electron chi connectivity index (χ1n) is 5.73. The minimum atomic E-state index is -0.595. The predicted molar refractivity (Wildman–Crippen MR) is 62.5 cm³/mol. The fourth-order valence-electron chi connectivity index (χ4n) is 1.97. The molecule has 0 aromatic carbocycles. The molecule has 0 amide bonds. The third kappa shape index (κ3) is 2.39. The second kappa shape index (κ2) is 4.71. The molecule has 92 valence electrons. The Kier molecular flexibility index (Phi) is 3.28. The number of hydrogen-bond donors (Lipinski definition) is 1. The molecular formula is C12H17N3O2. The average Bonchev–Trinajstić information content (AvgIpc) is 2.84. The number of aromatic nitrogens is 3. The van der Waals surface area contributed by atoms with Crippen LogP contribution in [0.3, 0.4) is 0 Å². The summed E-state index contributed by atoms with van der Waals surface area (Å²) < 4.78 is 7.19. The normalized spacial score (nSPS) is 12.9. The van der Waals surface area contributed by atoms with Gasteiger partial charge in [0.1, 0.15) is 23.7 Å². The van der Waals surface area contributed by atoms with E-state index in [-0.39, 0.29) is 0 Å². The molecule has 0 saturated carbocycles. The van der Waals surface area contributed by atoms with Crippen LogP contribution in [0.1, 0.15) is 35.9 Å². The Balaban J connectivity index is 2.17. The summed E-state index contributed by atoms with van der Waals surface area (Å²) in [7, 11) is 0. The van der Waals surface area contributed by atoms with Crippen LogP contribution in [-0.2, 0) is 13.0 Å². The summed E-state index contributed by atoms with van der Waals surface area (Å²) in [5.41, 5.74) is 0.827. The molecule has 0 spiro atoms. The van der Waals surface area contributed by atoms with Gasteiger partial charge in [0.25, 0.3) is 0 Å². The van der Waals surface area contributed by atoms with Gasteiger partial charge in [0.15, 0.2) is 0 Å². The van der Waals surface area contributed by atoms with Crippen molar-refractivity contribution in [2.75, 3.05) is 0 Å². The summed E-state index contributed by atoms with van der Waals surface area (Å²) in [6.45, 7) is 6.48. The zero-order valence-corrected chi connectivity index (χ0v) is 10.3. The third-order valence-corrected chi connectivity index (χ3v) is 2.81. The minimum absolute atomic E-state index is 0.452. The molecule has 2 rings (SSSR count). The SMILES string of the molecule is CCn1ncnc1CC(O)c1cc(C)oc1C. The minimum Gasteiger partial charge on any atom is -0.466 e. The van der Waals surface area contributed by atoms with E-state index < -0.39 is 6.10 Å². The molecule has 5 nitrogen and oxygen atoms in total. The highest BCUT2D eigenvalue weighted by Crippen LogP contribution is 2.23. The van der Waals surface area contributed by atoms with Gasteiger partial charge in [-0.05, 0) is 26.8 Å². The van der Waals surface area contributed by atoms with Crippen LogP contribution < -0.4 is 0 Å². The number of aliphatic hydroxyl groups is 1. The largest absolute Gasteiger partial charge is 0.466 e. The highest BCUT2D eigenvalue weighted by molar-refractivity contribution is 5.23. The molecule has 1 N–H and O–H groups in total. The summed E-state index contributed by atoms with van der Waals surface area (Å²) in [6.07, 6.45) is 1.37. The van der Waals surface area contributed by atoms with Gasteiger partial charge in [-0.3, -0.25) is 4.68 Å². The van der Waals surface area contributed by atoms with E-state index in [1.54, 1.807) is 4.68 Å².